The van der Waals surface area contributed by atoms with E-state index in [0.29, 0.717) is 0 Å². The molecule has 0 saturated heterocycles. The van der Waals surface area contributed by atoms with E-state index in [-0.39, 0.29) is 18.0 Å². The fraction of sp³-hybridized carbons (Fsp3) is 0.824. The fourth-order valence-corrected chi connectivity index (χ4v) is 6.35. The molecule has 2 aliphatic heterocycles. The van der Waals surface area contributed by atoms with Gasteiger partial charge in [-0.2, -0.15) is 0 Å². The summed E-state index contributed by atoms with van der Waals surface area (Å²) >= 11 is 0. The van der Waals surface area contributed by atoms with Gasteiger partial charge in [0, 0.05) is 17.5 Å². The van der Waals surface area contributed by atoms with Gasteiger partial charge < -0.3 is 14.2 Å². The van der Waals surface area contributed by atoms with Crippen molar-refractivity contribution in [3.8, 4) is 11.5 Å². The van der Waals surface area contributed by atoms with E-state index in [2.05, 4.69) is 41.5 Å². The molecular weight excluding hydrogens is 456 g/mol. The van der Waals surface area contributed by atoms with E-state index in [1.807, 2.05) is 0 Å². The average molecular weight is 515 g/mol. The highest BCUT2D eigenvalue weighted by Gasteiger charge is 2.39. The molecule has 0 aliphatic carbocycles. The molecule has 3 nitrogen and oxygen atoms in total. The van der Waals surface area contributed by atoms with Crippen LogP contribution in [0.5, 0.6) is 11.5 Å². The largest absolute Gasteiger partial charge is 0.487 e. The monoisotopic (exact) mass is 514 g/mol. The van der Waals surface area contributed by atoms with Crippen LogP contribution in [0, 0.1) is 13.8 Å². The van der Waals surface area contributed by atoms with Crippen LogP contribution in [0.1, 0.15) is 172 Å². The van der Waals surface area contributed by atoms with Crippen LogP contribution in [0.3, 0.4) is 0 Å². The lowest BCUT2D eigenvalue weighted by Gasteiger charge is -2.41. The van der Waals surface area contributed by atoms with Crippen LogP contribution in [-0.2, 0) is 11.2 Å². The van der Waals surface area contributed by atoms with E-state index in [4.69, 9.17) is 14.2 Å². The zero-order chi connectivity index (χ0) is 26.7. The van der Waals surface area contributed by atoms with Gasteiger partial charge in [-0.05, 0) is 64.0 Å². The molecule has 3 heteroatoms. The van der Waals surface area contributed by atoms with Gasteiger partial charge in [-0.25, -0.2) is 0 Å². The molecule has 3 atom stereocenters. The van der Waals surface area contributed by atoms with Crippen LogP contribution in [0.25, 0.3) is 0 Å². The van der Waals surface area contributed by atoms with E-state index in [1.54, 1.807) is 0 Å². The molecule has 212 valence electrons. The first kappa shape index (κ1) is 30.3. The van der Waals surface area contributed by atoms with Crippen molar-refractivity contribution in [3.05, 3.63) is 22.3 Å². The van der Waals surface area contributed by atoms with Crippen molar-refractivity contribution >= 4 is 0 Å². The summed E-state index contributed by atoms with van der Waals surface area (Å²) in [5, 5.41) is 0. The first-order chi connectivity index (χ1) is 17.9. The van der Waals surface area contributed by atoms with E-state index in [1.165, 1.54) is 112 Å². The molecule has 0 bridgehead atoms. The Hall–Kier alpha value is -1.22. The molecule has 1 aromatic carbocycles. The maximum atomic E-state index is 6.85. The normalized spacial score (nSPS) is 22.8. The lowest BCUT2D eigenvalue weighted by Crippen LogP contribution is -2.38. The Morgan fingerprint density at radius 2 is 1.24 bits per heavy atom. The summed E-state index contributed by atoms with van der Waals surface area (Å²) in [6.45, 7) is 13.4. The third kappa shape index (κ3) is 8.38. The van der Waals surface area contributed by atoms with Crippen molar-refractivity contribution in [2.45, 2.75) is 182 Å². The zero-order valence-electron chi connectivity index (χ0n) is 25.3. The molecule has 0 saturated carbocycles. The lowest BCUT2D eigenvalue weighted by atomic mass is 9.82. The van der Waals surface area contributed by atoms with E-state index in [9.17, 15) is 0 Å². The van der Waals surface area contributed by atoms with E-state index >= 15 is 0 Å². The zero-order valence-corrected chi connectivity index (χ0v) is 25.3. The third-order valence-electron chi connectivity index (χ3n) is 8.99. The number of rotatable bonds is 17. The standard InChI is InChI=1S/C34H58O3/c1-7-10-11-12-13-14-15-16-17-18-19-20-21-22-24-34(6)25-23-28-31-29(8-2)35-30(9-3)36-33(31)27(5)26(4)32(28)37-34/h29-30H,7-25H2,1-6H3/t29-,30-,34?/m0/s1. The summed E-state index contributed by atoms with van der Waals surface area (Å²) in [7, 11) is 0. The second-order valence-corrected chi connectivity index (χ2v) is 12.2. The predicted molar refractivity (Wildman–Crippen MR) is 157 cm³/mol. The topological polar surface area (TPSA) is 27.7 Å². The fourth-order valence-electron chi connectivity index (χ4n) is 6.35. The summed E-state index contributed by atoms with van der Waals surface area (Å²) in [6.07, 6.45) is 24.8. The van der Waals surface area contributed by atoms with Crippen LogP contribution in [0.2, 0.25) is 0 Å². The van der Waals surface area contributed by atoms with Gasteiger partial charge in [0.2, 0.25) is 0 Å². The molecule has 2 aliphatic rings. The van der Waals surface area contributed by atoms with Crippen LogP contribution in [-0.4, -0.2) is 11.9 Å². The second-order valence-electron chi connectivity index (χ2n) is 12.2. The van der Waals surface area contributed by atoms with Crippen LogP contribution in [0.15, 0.2) is 0 Å². The van der Waals surface area contributed by atoms with Gasteiger partial charge in [0.25, 0.3) is 0 Å². The van der Waals surface area contributed by atoms with Crippen molar-refractivity contribution in [2.24, 2.45) is 0 Å². The summed E-state index contributed by atoms with van der Waals surface area (Å²) < 4.78 is 19.5. The van der Waals surface area contributed by atoms with Gasteiger partial charge in [-0.3, -0.25) is 0 Å². The quantitative estimate of drug-likeness (QED) is 0.193. The number of hydrogen-bond acceptors (Lipinski definition) is 3. The second kappa shape index (κ2) is 15.4. The third-order valence-corrected chi connectivity index (χ3v) is 8.99. The molecule has 0 aromatic heterocycles. The van der Waals surface area contributed by atoms with Crippen molar-refractivity contribution < 1.29 is 14.2 Å². The van der Waals surface area contributed by atoms with Crippen molar-refractivity contribution in [2.75, 3.05) is 0 Å². The summed E-state index contributed by atoms with van der Waals surface area (Å²) in [5.41, 5.74) is 5.04. The Bertz CT molecular complexity index is 816. The summed E-state index contributed by atoms with van der Waals surface area (Å²) in [5.74, 6) is 2.19. The molecule has 0 fully saturated rings. The highest BCUT2D eigenvalue weighted by Crippen LogP contribution is 2.50. The van der Waals surface area contributed by atoms with Gasteiger partial charge in [0.15, 0.2) is 6.29 Å². The summed E-state index contributed by atoms with van der Waals surface area (Å²) in [4.78, 5) is 0. The Morgan fingerprint density at radius 3 is 1.78 bits per heavy atom. The van der Waals surface area contributed by atoms with Crippen molar-refractivity contribution in [3.63, 3.8) is 0 Å². The van der Waals surface area contributed by atoms with Crippen molar-refractivity contribution in [1.29, 1.82) is 0 Å². The van der Waals surface area contributed by atoms with Crippen LogP contribution in [0.4, 0.5) is 0 Å². The highest BCUT2D eigenvalue weighted by atomic mass is 16.7. The molecule has 37 heavy (non-hydrogen) atoms. The molecule has 1 unspecified atom stereocenters. The van der Waals surface area contributed by atoms with E-state index in [0.717, 1.165) is 43.6 Å². The smallest absolute Gasteiger partial charge is 0.200 e. The molecule has 2 heterocycles. The number of hydrogen-bond donors (Lipinski definition) is 0. The van der Waals surface area contributed by atoms with Crippen molar-refractivity contribution in [1.82, 2.24) is 0 Å². The van der Waals surface area contributed by atoms with Gasteiger partial charge in [-0.15, -0.1) is 0 Å². The van der Waals surface area contributed by atoms with Crippen LogP contribution >= 0.6 is 0 Å². The number of fused-ring (bicyclic) bond motifs is 3. The minimum absolute atomic E-state index is 0.0559. The van der Waals surface area contributed by atoms with E-state index < -0.39 is 0 Å². The van der Waals surface area contributed by atoms with Gasteiger partial charge in [0.1, 0.15) is 17.1 Å². The molecule has 0 radical (unpaired) electrons. The number of benzene rings is 1. The lowest BCUT2D eigenvalue weighted by molar-refractivity contribution is -0.143. The Balaban J connectivity index is 1.40. The first-order valence-electron chi connectivity index (χ1n) is 16.1. The molecule has 1 aromatic rings. The molecule has 0 N–H and O–H groups in total. The summed E-state index contributed by atoms with van der Waals surface area (Å²) in [6, 6.07) is 0. The maximum absolute atomic E-state index is 6.85. The van der Waals surface area contributed by atoms with Gasteiger partial charge in [-0.1, -0.05) is 104 Å². The van der Waals surface area contributed by atoms with Gasteiger partial charge >= 0.3 is 0 Å². The molecule has 0 amide bonds. The van der Waals surface area contributed by atoms with Crippen LogP contribution < -0.4 is 9.47 Å². The Morgan fingerprint density at radius 1 is 0.703 bits per heavy atom. The average Bonchev–Trinajstić information content (AvgIpc) is 2.91. The Labute approximate surface area is 229 Å². The minimum atomic E-state index is -0.135. The molecular formula is C34H58O3. The number of ether oxygens (including phenoxy) is 3. The maximum Gasteiger partial charge on any atom is 0.200 e. The predicted octanol–water partition coefficient (Wildman–Crippen LogP) is 10.9. The SMILES string of the molecule is CCCCCCCCCCCCCCCCC1(C)CCc2c(c(C)c(C)c3c2[C@H](CC)O[C@H](CC)O3)O1. The first-order valence-corrected chi connectivity index (χ1v) is 16.1. The number of unbranched alkanes of at least 4 members (excludes halogenated alkanes) is 13. The highest BCUT2D eigenvalue weighted by molar-refractivity contribution is 5.60. The molecule has 0 spiro atoms. The Kier molecular flexibility index (Phi) is 12.6. The molecule has 3 rings (SSSR count). The van der Waals surface area contributed by atoms with Gasteiger partial charge in [0.05, 0.1) is 6.10 Å². The minimum Gasteiger partial charge on any atom is -0.487 e.